The first-order chi connectivity index (χ1) is 13.6. The molecule has 1 heterocycles. The molecule has 0 amide bonds. The number of hydrogen-bond acceptors (Lipinski definition) is 4. The van der Waals surface area contributed by atoms with Gasteiger partial charge < -0.3 is 9.47 Å². The Morgan fingerprint density at radius 2 is 1.71 bits per heavy atom. The molecule has 1 aliphatic rings. The zero-order valence-corrected chi connectivity index (χ0v) is 17.0. The highest BCUT2D eigenvalue weighted by Crippen LogP contribution is 2.37. The highest BCUT2D eigenvalue weighted by molar-refractivity contribution is 5.77. The van der Waals surface area contributed by atoms with E-state index in [4.69, 9.17) is 9.47 Å². The molecule has 0 saturated carbocycles. The van der Waals surface area contributed by atoms with Crippen molar-refractivity contribution in [3.63, 3.8) is 0 Å². The highest BCUT2D eigenvalue weighted by atomic mass is 16.5. The van der Waals surface area contributed by atoms with Gasteiger partial charge in [-0.3, -0.25) is 9.69 Å². The number of rotatable bonds is 8. The number of nitrogens with zero attached hydrogens (tertiary/aromatic N) is 1. The summed E-state index contributed by atoms with van der Waals surface area (Å²) < 4.78 is 11.3. The normalized spacial score (nSPS) is 16.5. The van der Waals surface area contributed by atoms with E-state index in [-0.39, 0.29) is 5.97 Å². The molecule has 0 atom stereocenters. The monoisotopic (exact) mass is 381 g/mol. The number of hydrogen-bond donors (Lipinski definition) is 0. The molecular formula is C24H31NO3. The van der Waals surface area contributed by atoms with Crippen LogP contribution >= 0.6 is 0 Å². The Hall–Kier alpha value is -2.33. The maximum Gasteiger partial charge on any atom is 0.312 e. The van der Waals surface area contributed by atoms with Gasteiger partial charge in [0.2, 0.25) is 0 Å². The average molecular weight is 382 g/mol. The van der Waals surface area contributed by atoms with Crippen molar-refractivity contribution in [1.82, 2.24) is 4.90 Å². The first kappa shape index (κ1) is 20.4. The summed E-state index contributed by atoms with van der Waals surface area (Å²) in [7, 11) is 0. The van der Waals surface area contributed by atoms with E-state index in [0.717, 1.165) is 38.2 Å². The summed E-state index contributed by atoms with van der Waals surface area (Å²) in [5.41, 5.74) is 2.16. The van der Waals surface area contributed by atoms with Crippen LogP contribution in [0.4, 0.5) is 0 Å². The van der Waals surface area contributed by atoms with E-state index < -0.39 is 5.41 Å². The lowest BCUT2D eigenvalue weighted by Crippen LogP contribution is -2.45. The Morgan fingerprint density at radius 1 is 1.04 bits per heavy atom. The van der Waals surface area contributed by atoms with Gasteiger partial charge in [-0.15, -0.1) is 0 Å². The molecule has 2 aromatic rings. The maximum absolute atomic E-state index is 12.8. The molecule has 0 aromatic heterocycles. The second kappa shape index (κ2) is 9.74. The summed E-state index contributed by atoms with van der Waals surface area (Å²) in [6.07, 6.45) is 2.32. The first-order valence-electron chi connectivity index (χ1n) is 10.2. The summed E-state index contributed by atoms with van der Waals surface area (Å²) in [5.74, 6) is 0.778. The van der Waals surface area contributed by atoms with Crippen LogP contribution in [0.5, 0.6) is 5.75 Å². The van der Waals surface area contributed by atoms with Crippen molar-refractivity contribution in [2.45, 2.75) is 39.7 Å². The van der Waals surface area contributed by atoms with Crippen LogP contribution in [0.1, 0.15) is 37.3 Å². The van der Waals surface area contributed by atoms with E-state index >= 15 is 0 Å². The topological polar surface area (TPSA) is 38.8 Å². The minimum absolute atomic E-state index is 0.0679. The molecular weight excluding hydrogens is 350 g/mol. The van der Waals surface area contributed by atoms with Crippen molar-refractivity contribution in [2.75, 3.05) is 26.3 Å². The lowest BCUT2D eigenvalue weighted by molar-refractivity contribution is -0.159. The molecule has 4 heteroatoms. The van der Waals surface area contributed by atoms with E-state index in [1.54, 1.807) is 0 Å². The molecule has 0 unspecified atom stereocenters. The number of benzene rings is 2. The van der Waals surface area contributed by atoms with E-state index in [2.05, 4.69) is 36.1 Å². The molecule has 28 heavy (non-hydrogen) atoms. The Bertz CT molecular complexity index is 734. The Morgan fingerprint density at radius 3 is 2.36 bits per heavy atom. The minimum Gasteiger partial charge on any atom is -0.494 e. The van der Waals surface area contributed by atoms with Gasteiger partial charge in [0, 0.05) is 6.54 Å². The number of ether oxygens (including phenoxy) is 2. The number of carbonyl (C=O) groups excluding carboxylic acids is 1. The van der Waals surface area contributed by atoms with Gasteiger partial charge in [0.25, 0.3) is 0 Å². The Balaban J connectivity index is 1.58. The second-order valence-electron chi connectivity index (χ2n) is 7.67. The van der Waals surface area contributed by atoms with E-state index in [1.807, 2.05) is 37.3 Å². The molecule has 3 rings (SSSR count). The summed E-state index contributed by atoms with van der Waals surface area (Å²) in [6.45, 7) is 7.66. The number of esters is 1. The zero-order valence-electron chi connectivity index (χ0n) is 17.0. The van der Waals surface area contributed by atoms with Crippen molar-refractivity contribution in [2.24, 2.45) is 5.41 Å². The van der Waals surface area contributed by atoms with Crippen LogP contribution in [0.3, 0.4) is 0 Å². The van der Waals surface area contributed by atoms with Gasteiger partial charge in [0.15, 0.2) is 0 Å². The molecule has 0 aliphatic carbocycles. The van der Waals surface area contributed by atoms with Gasteiger partial charge in [-0.05, 0) is 63.9 Å². The Labute approximate surface area is 168 Å². The summed E-state index contributed by atoms with van der Waals surface area (Å²) >= 11 is 0. The van der Waals surface area contributed by atoms with Crippen LogP contribution in [0, 0.1) is 12.3 Å². The molecule has 4 nitrogen and oxygen atoms in total. The van der Waals surface area contributed by atoms with Crippen molar-refractivity contribution >= 4 is 5.97 Å². The maximum atomic E-state index is 12.8. The summed E-state index contributed by atoms with van der Waals surface area (Å²) in [6, 6.07) is 18.5. The molecule has 0 radical (unpaired) electrons. The standard InChI is InChI=1S/C24H31NO3/c1-3-27-23(26)24(15-18-28-22-7-5-4-6-8-22)13-16-25(17-14-24)19-21-11-9-20(2)10-12-21/h4-12H,3,13-19H2,1-2H3. The fraction of sp³-hybridized carbons (Fsp3) is 0.458. The zero-order chi connectivity index (χ0) is 19.8. The third kappa shape index (κ3) is 5.35. The van der Waals surface area contributed by atoms with Crippen LogP contribution in [0.25, 0.3) is 0 Å². The largest absolute Gasteiger partial charge is 0.494 e. The van der Waals surface area contributed by atoms with E-state index in [0.29, 0.717) is 19.6 Å². The smallest absolute Gasteiger partial charge is 0.312 e. The predicted octanol–water partition coefficient (Wildman–Crippen LogP) is 4.61. The lowest BCUT2D eigenvalue weighted by atomic mass is 9.75. The first-order valence-corrected chi connectivity index (χ1v) is 10.2. The van der Waals surface area contributed by atoms with Crippen molar-refractivity contribution < 1.29 is 14.3 Å². The quantitative estimate of drug-likeness (QED) is 0.626. The van der Waals surface area contributed by atoms with Crippen LogP contribution < -0.4 is 4.74 Å². The SMILES string of the molecule is CCOC(=O)C1(CCOc2ccccc2)CCN(Cc2ccc(C)cc2)CC1. The minimum atomic E-state index is -0.436. The number of carbonyl (C=O) groups is 1. The third-order valence-electron chi connectivity index (χ3n) is 5.64. The molecule has 0 N–H and O–H groups in total. The molecule has 0 spiro atoms. The Kier molecular flexibility index (Phi) is 7.10. The summed E-state index contributed by atoms with van der Waals surface area (Å²) in [5, 5.41) is 0. The molecule has 2 aromatic carbocycles. The molecule has 150 valence electrons. The average Bonchev–Trinajstić information content (AvgIpc) is 2.72. The number of piperidine rings is 1. The van der Waals surface area contributed by atoms with Gasteiger partial charge in [0.1, 0.15) is 5.75 Å². The van der Waals surface area contributed by atoms with E-state index in [1.165, 1.54) is 11.1 Å². The predicted molar refractivity (Wildman–Crippen MR) is 111 cm³/mol. The van der Waals surface area contributed by atoms with Crippen LogP contribution in [-0.2, 0) is 16.1 Å². The number of likely N-dealkylation sites (tertiary alicyclic amines) is 1. The van der Waals surface area contributed by atoms with Crippen LogP contribution in [0.15, 0.2) is 54.6 Å². The van der Waals surface area contributed by atoms with Gasteiger partial charge in [-0.1, -0.05) is 48.0 Å². The summed E-state index contributed by atoms with van der Waals surface area (Å²) in [4.78, 5) is 15.2. The number of aryl methyl sites for hydroxylation is 1. The van der Waals surface area contributed by atoms with Crippen LogP contribution in [0.2, 0.25) is 0 Å². The van der Waals surface area contributed by atoms with Gasteiger partial charge in [-0.25, -0.2) is 0 Å². The second-order valence-corrected chi connectivity index (χ2v) is 7.67. The third-order valence-corrected chi connectivity index (χ3v) is 5.64. The van der Waals surface area contributed by atoms with Crippen molar-refractivity contribution in [1.29, 1.82) is 0 Å². The van der Waals surface area contributed by atoms with Crippen molar-refractivity contribution in [3.8, 4) is 5.75 Å². The van der Waals surface area contributed by atoms with Crippen molar-refractivity contribution in [3.05, 3.63) is 65.7 Å². The molecule has 1 aliphatic heterocycles. The van der Waals surface area contributed by atoms with E-state index in [9.17, 15) is 4.79 Å². The van der Waals surface area contributed by atoms with Crippen LogP contribution in [-0.4, -0.2) is 37.2 Å². The molecule has 0 bridgehead atoms. The van der Waals surface area contributed by atoms with Gasteiger partial charge >= 0.3 is 5.97 Å². The molecule has 1 fully saturated rings. The fourth-order valence-electron chi connectivity index (χ4n) is 3.81. The lowest BCUT2D eigenvalue weighted by Gasteiger charge is -2.40. The highest BCUT2D eigenvalue weighted by Gasteiger charge is 2.42. The van der Waals surface area contributed by atoms with Gasteiger partial charge in [-0.2, -0.15) is 0 Å². The number of para-hydroxylation sites is 1. The molecule has 1 saturated heterocycles. The fourth-order valence-corrected chi connectivity index (χ4v) is 3.81. The van der Waals surface area contributed by atoms with Gasteiger partial charge in [0.05, 0.1) is 18.6 Å².